The number of amides is 5. The zero-order valence-electron chi connectivity index (χ0n) is 40.7. The fourth-order valence-corrected chi connectivity index (χ4v) is 7.91. The van der Waals surface area contributed by atoms with Crippen LogP contribution in [0.2, 0.25) is 0 Å². The lowest BCUT2D eigenvalue weighted by Crippen LogP contribution is -2.56. The van der Waals surface area contributed by atoms with Crippen molar-refractivity contribution in [3.05, 3.63) is 107 Å². The number of fused-ring (bicyclic) bond motifs is 5. The minimum Gasteiger partial charge on any atom is -0.492 e. The smallest absolute Gasteiger partial charge is 0.255 e. The molecule has 0 fully saturated rings. The number of hydrogen-bond acceptors (Lipinski definition) is 15. The second kappa shape index (κ2) is 23.6. The van der Waals surface area contributed by atoms with E-state index in [1.165, 1.54) is 30.6 Å². The van der Waals surface area contributed by atoms with Gasteiger partial charge in [-0.25, -0.2) is 19.9 Å². The molecule has 20 heteroatoms. The first-order chi connectivity index (χ1) is 34.0. The van der Waals surface area contributed by atoms with E-state index in [1.807, 2.05) is 18.2 Å². The molecule has 372 valence electrons. The molecular weight excluding hydrogens is 907 g/mol. The van der Waals surface area contributed by atoms with Gasteiger partial charge in [-0.3, -0.25) is 24.0 Å². The first kappa shape index (κ1) is 52.5. The van der Waals surface area contributed by atoms with E-state index in [2.05, 4.69) is 74.1 Å². The Morgan fingerprint density at radius 2 is 1.48 bits per heavy atom. The Morgan fingerprint density at radius 3 is 2.08 bits per heavy atom. The fraction of sp³-hybridized carbons (Fsp3) is 0.373. The summed E-state index contributed by atoms with van der Waals surface area (Å²) in [6.45, 7) is 9.80. The van der Waals surface area contributed by atoms with Crippen LogP contribution in [0.5, 0.6) is 11.5 Å². The zero-order chi connectivity index (χ0) is 51.4. The molecule has 1 aliphatic rings. The molecule has 4 bridgehead atoms. The van der Waals surface area contributed by atoms with Crippen LogP contribution >= 0.6 is 0 Å². The molecule has 2 aromatic heterocycles. The maximum absolute atomic E-state index is 14.7. The van der Waals surface area contributed by atoms with Crippen LogP contribution in [0.4, 0.5) is 0 Å². The van der Waals surface area contributed by atoms with E-state index in [4.69, 9.17) is 26.7 Å². The molecule has 0 saturated heterocycles. The van der Waals surface area contributed by atoms with Crippen LogP contribution in [-0.4, -0.2) is 119 Å². The standard InChI is InChI=1S/C51H61N13O7/c1-29-38(28-59-45(60-29)34-26-57-44(58-27-34)32-8-11-35(12-9-32)51(3,4)5)47(66)62-39(15-16-52)50(69)64(6)43-33-10-14-42(71-22-19-55)37(25-33)36-23-31(7-13-41(36)70-21-18-54)24-40(48(67)56-20-17-53)63-46(65)30(2)61-49(43)68/h7-14,23,25-28,30,39-40,43H,15-16,18-22,24,52,54-55H2,1-6H3,(H,56,67)(H,61,68)(H,62,66)(H,63,65). The summed E-state index contributed by atoms with van der Waals surface area (Å²) in [5, 5.41) is 19.9. The molecule has 4 unspecified atom stereocenters. The normalized spacial score (nSPS) is 16.3. The number of rotatable bonds is 16. The van der Waals surface area contributed by atoms with Gasteiger partial charge in [0.15, 0.2) is 11.6 Å². The lowest BCUT2D eigenvalue weighted by atomic mass is 9.87. The molecule has 3 heterocycles. The van der Waals surface area contributed by atoms with E-state index in [0.29, 0.717) is 50.8 Å². The first-order valence-corrected chi connectivity index (χ1v) is 23.2. The highest BCUT2D eigenvalue weighted by molar-refractivity contribution is 6.00. The molecule has 10 N–H and O–H groups in total. The van der Waals surface area contributed by atoms with Crippen LogP contribution in [0.3, 0.4) is 0 Å². The summed E-state index contributed by atoms with van der Waals surface area (Å²) in [5.41, 5.74) is 22.5. The molecule has 0 aliphatic carbocycles. The Balaban J connectivity index is 1.32. The monoisotopic (exact) mass is 967 g/mol. The van der Waals surface area contributed by atoms with Crippen LogP contribution in [0, 0.1) is 18.3 Å². The number of hydrogen-bond donors (Lipinski definition) is 7. The van der Waals surface area contributed by atoms with Crippen molar-refractivity contribution in [3.63, 3.8) is 0 Å². The Hall–Kier alpha value is -7.86. The highest BCUT2D eigenvalue weighted by Gasteiger charge is 2.36. The number of aromatic nitrogens is 4. The van der Waals surface area contributed by atoms with Crippen LogP contribution in [0.1, 0.15) is 72.9 Å². The maximum atomic E-state index is 14.7. The van der Waals surface area contributed by atoms with Gasteiger partial charge in [0, 0.05) is 61.8 Å². The third kappa shape index (κ3) is 12.9. The number of nitriles is 1. The van der Waals surface area contributed by atoms with Gasteiger partial charge in [-0.1, -0.05) is 57.2 Å². The van der Waals surface area contributed by atoms with Gasteiger partial charge < -0.3 is 52.8 Å². The van der Waals surface area contributed by atoms with Crippen molar-refractivity contribution in [1.82, 2.24) is 46.1 Å². The SMILES string of the molecule is Cc1nc(-c2cnc(-c3ccc(C(C)(C)C)cc3)nc2)ncc1C(=O)NC(CCN)C(=O)N(C)C1C(=O)NC(C)C(=O)NC(C(=O)NCC#N)Cc2ccc(OCCN)c(c2)-c2cc1ccc2OCCN. The second-order valence-electron chi connectivity index (χ2n) is 18.0. The average Bonchev–Trinajstić information content (AvgIpc) is 3.35. The van der Waals surface area contributed by atoms with E-state index in [-0.39, 0.29) is 69.0 Å². The Bertz CT molecular complexity index is 2770. The number of nitrogens with two attached hydrogens (primary N) is 3. The van der Waals surface area contributed by atoms with Crippen molar-refractivity contribution in [2.24, 2.45) is 17.2 Å². The number of ether oxygens (including phenoxy) is 2. The molecule has 6 rings (SSSR count). The number of carbonyl (C=O) groups excluding carboxylic acids is 5. The number of benzene rings is 3. The summed E-state index contributed by atoms with van der Waals surface area (Å²) in [4.78, 5) is 89.7. The predicted octanol–water partition coefficient (Wildman–Crippen LogP) is 2.38. The van der Waals surface area contributed by atoms with Crippen molar-refractivity contribution < 1.29 is 33.4 Å². The van der Waals surface area contributed by atoms with Gasteiger partial charge in [-0.05, 0) is 73.2 Å². The van der Waals surface area contributed by atoms with Crippen LogP contribution in [0.25, 0.3) is 33.9 Å². The van der Waals surface area contributed by atoms with Crippen molar-refractivity contribution in [2.45, 2.75) is 77.0 Å². The van der Waals surface area contributed by atoms with Gasteiger partial charge in [0.2, 0.25) is 23.6 Å². The molecule has 5 aromatic rings. The third-order valence-corrected chi connectivity index (χ3v) is 11.8. The highest BCUT2D eigenvalue weighted by Crippen LogP contribution is 2.40. The van der Waals surface area contributed by atoms with E-state index in [1.54, 1.807) is 55.7 Å². The van der Waals surface area contributed by atoms with Crippen molar-refractivity contribution in [1.29, 1.82) is 5.26 Å². The fourth-order valence-electron chi connectivity index (χ4n) is 7.91. The van der Waals surface area contributed by atoms with Gasteiger partial charge >= 0.3 is 0 Å². The highest BCUT2D eigenvalue weighted by atomic mass is 16.5. The topological polar surface area (TPSA) is 309 Å². The summed E-state index contributed by atoms with van der Waals surface area (Å²) in [5.74, 6) is -1.89. The molecule has 0 radical (unpaired) electrons. The molecule has 71 heavy (non-hydrogen) atoms. The lowest BCUT2D eigenvalue weighted by molar-refractivity contribution is -0.141. The van der Waals surface area contributed by atoms with Crippen molar-refractivity contribution in [3.8, 4) is 51.5 Å². The Labute approximate surface area is 412 Å². The van der Waals surface area contributed by atoms with Gasteiger partial charge in [0.1, 0.15) is 55.4 Å². The number of likely N-dealkylation sites (N-methyl/N-ethyl adjacent to an activating group) is 1. The molecule has 0 spiro atoms. The van der Waals surface area contributed by atoms with E-state index in [0.717, 1.165) is 5.56 Å². The van der Waals surface area contributed by atoms with Gasteiger partial charge in [0.05, 0.1) is 22.9 Å². The second-order valence-corrected chi connectivity index (χ2v) is 18.0. The summed E-state index contributed by atoms with van der Waals surface area (Å²) in [6.07, 6.45) is 4.54. The van der Waals surface area contributed by atoms with Crippen LogP contribution in [-0.2, 0) is 31.0 Å². The van der Waals surface area contributed by atoms with Gasteiger partial charge in [0.25, 0.3) is 5.91 Å². The van der Waals surface area contributed by atoms with Crippen molar-refractivity contribution >= 4 is 29.5 Å². The first-order valence-electron chi connectivity index (χ1n) is 23.2. The lowest BCUT2D eigenvalue weighted by Gasteiger charge is -2.32. The molecule has 3 aromatic carbocycles. The zero-order valence-corrected chi connectivity index (χ0v) is 40.7. The minimum atomic E-state index is -1.42. The largest absolute Gasteiger partial charge is 0.492 e. The Morgan fingerprint density at radius 1 is 0.845 bits per heavy atom. The average molecular weight is 968 g/mol. The number of nitrogens with zero attached hydrogens (tertiary/aromatic N) is 6. The van der Waals surface area contributed by atoms with Crippen LogP contribution < -0.4 is 47.9 Å². The molecule has 0 saturated carbocycles. The molecule has 1 aliphatic heterocycles. The summed E-state index contributed by atoms with van der Waals surface area (Å²) >= 11 is 0. The summed E-state index contributed by atoms with van der Waals surface area (Å²) in [7, 11) is 1.40. The third-order valence-electron chi connectivity index (χ3n) is 11.8. The maximum Gasteiger partial charge on any atom is 0.255 e. The van der Waals surface area contributed by atoms with Crippen molar-refractivity contribution in [2.75, 3.05) is 46.4 Å². The summed E-state index contributed by atoms with van der Waals surface area (Å²) < 4.78 is 12.2. The van der Waals surface area contributed by atoms with Gasteiger partial charge in [-0.15, -0.1) is 0 Å². The van der Waals surface area contributed by atoms with E-state index >= 15 is 0 Å². The van der Waals surface area contributed by atoms with Crippen LogP contribution in [0.15, 0.2) is 79.3 Å². The molecular formula is C51H61N13O7. The quantitative estimate of drug-likeness (QED) is 0.0699. The number of aryl methyl sites for hydroxylation is 1. The van der Waals surface area contributed by atoms with Gasteiger partial charge in [-0.2, -0.15) is 5.26 Å². The number of carbonyl (C=O) groups is 5. The predicted molar refractivity (Wildman–Crippen MR) is 265 cm³/mol. The molecule has 4 atom stereocenters. The Kier molecular flexibility index (Phi) is 17.5. The van der Waals surface area contributed by atoms with E-state index in [9.17, 15) is 29.2 Å². The summed E-state index contributed by atoms with van der Waals surface area (Å²) in [6, 6.07) is 15.0. The number of nitrogens with one attached hydrogen (secondary N) is 4. The van der Waals surface area contributed by atoms with E-state index < -0.39 is 53.7 Å². The molecule has 5 amide bonds. The minimum absolute atomic E-state index is 0.000991. The molecule has 20 nitrogen and oxygen atoms in total.